The van der Waals surface area contributed by atoms with Crippen molar-refractivity contribution < 1.29 is 0 Å². The predicted molar refractivity (Wildman–Crippen MR) is 53.1 cm³/mol. The number of aliphatic imine (C=N–C) groups is 1. The van der Waals surface area contributed by atoms with E-state index in [-0.39, 0.29) is 5.41 Å². The molecule has 66 valence electrons. The molecule has 0 aromatic carbocycles. The lowest BCUT2D eigenvalue weighted by atomic mass is 9.88. The van der Waals surface area contributed by atoms with E-state index < -0.39 is 0 Å². The first kappa shape index (κ1) is 9.10. The molecular formula is C9H15N3. The minimum absolute atomic E-state index is 0.00396. The Kier molecular flexibility index (Phi) is 2.74. The molecule has 1 aliphatic heterocycles. The van der Waals surface area contributed by atoms with Crippen molar-refractivity contribution in [1.82, 2.24) is 0 Å². The molecule has 0 N–H and O–H groups in total. The van der Waals surface area contributed by atoms with Crippen molar-refractivity contribution in [2.24, 2.45) is 20.6 Å². The summed E-state index contributed by atoms with van der Waals surface area (Å²) in [6.07, 6.45) is 6.01. The van der Waals surface area contributed by atoms with Gasteiger partial charge in [0.1, 0.15) is 5.84 Å². The lowest BCUT2D eigenvalue weighted by Gasteiger charge is -2.16. The molecule has 3 nitrogen and oxygen atoms in total. The molecule has 12 heavy (non-hydrogen) atoms. The van der Waals surface area contributed by atoms with E-state index >= 15 is 0 Å². The Labute approximate surface area is 73.3 Å². The van der Waals surface area contributed by atoms with Crippen LogP contribution in [0.4, 0.5) is 0 Å². The molecule has 0 aromatic rings. The summed E-state index contributed by atoms with van der Waals surface area (Å²) in [6, 6.07) is 0. The average Bonchev–Trinajstić information content (AvgIpc) is 2.15. The number of hydrogen-bond donors (Lipinski definition) is 0. The topological polar surface area (TPSA) is 37.1 Å². The molecule has 0 amide bonds. The molecule has 1 unspecified atom stereocenters. The van der Waals surface area contributed by atoms with Crippen LogP contribution in [0.3, 0.4) is 0 Å². The third kappa shape index (κ3) is 2.26. The maximum Gasteiger partial charge on any atom is 0.147 e. The van der Waals surface area contributed by atoms with Gasteiger partial charge in [0.05, 0.1) is 0 Å². The molecule has 0 saturated carbocycles. The van der Waals surface area contributed by atoms with E-state index in [0.29, 0.717) is 0 Å². The van der Waals surface area contributed by atoms with Gasteiger partial charge in [-0.3, -0.25) is 0 Å². The molecule has 0 spiro atoms. The zero-order chi connectivity index (χ0) is 9.03. The van der Waals surface area contributed by atoms with Gasteiger partial charge in [-0.05, 0) is 20.3 Å². The van der Waals surface area contributed by atoms with Crippen molar-refractivity contribution in [2.45, 2.75) is 33.6 Å². The maximum absolute atomic E-state index is 4.20. The summed E-state index contributed by atoms with van der Waals surface area (Å²) in [5.74, 6) is 0.728. The second kappa shape index (κ2) is 3.61. The monoisotopic (exact) mass is 165 g/mol. The molecule has 0 aromatic heterocycles. The van der Waals surface area contributed by atoms with Gasteiger partial charge in [0.2, 0.25) is 0 Å². The Balaban J connectivity index is 2.77. The summed E-state index contributed by atoms with van der Waals surface area (Å²) in [6.45, 7) is 6.13. The van der Waals surface area contributed by atoms with Crippen molar-refractivity contribution >= 4 is 18.3 Å². The van der Waals surface area contributed by atoms with Crippen LogP contribution in [0.5, 0.6) is 0 Å². The van der Waals surface area contributed by atoms with Gasteiger partial charge in [-0.15, -0.1) is 5.10 Å². The zero-order valence-corrected chi connectivity index (χ0v) is 7.91. The fraction of sp³-hybridized carbons (Fsp3) is 0.667. The summed E-state index contributed by atoms with van der Waals surface area (Å²) >= 11 is 0. The SMILES string of the molecule is CCCC1(C)C=NN=C(C)N=C1. The number of rotatable bonds is 2. The summed E-state index contributed by atoms with van der Waals surface area (Å²) in [4.78, 5) is 4.20. The van der Waals surface area contributed by atoms with Gasteiger partial charge < -0.3 is 0 Å². The van der Waals surface area contributed by atoms with Crippen LogP contribution in [0.2, 0.25) is 0 Å². The van der Waals surface area contributed by atoms with Gasteiger partial charge in [-0.25, -0.2) is 4.99 Å². The van der Waals surface area contributed by atoms with E-state index in [4.69, 9.17) is 0 Å². The summed E-state index contributed by atoms with van der Waals surface area (Å²) in [5.41, 5.74) is -0.00396. The van der Waals surface area contributed by atoms with Gasteiger partial charge in [-0.1, -0.05) is 13.3 Å². The molecule has 0 saturated heterocycles. The van der Waals surface area contributed by atoms with Crippen molar-refractivity contribution in [1.29, 1.82) is 0 Å². The summed E-state index contributed by atoms with van der Waals surface area (Å²) < 4.78 is 0. The van der Waals surface area contributed by atoms with Crippen LogP contribution in [0.15, 0.2) is 15.2 Å². The third-order valence-corrected chi connectivity index (χ3v) is 1.89. The highest BCUT2D eigenvalue weighted by molar-refractivity contribution is 5.97. The Morgan fingerprint density at radius 1 is 1.42 bits per heavy atom. The average molecular weight is 165 g/mol. The highest BCUT2D eigenvalue weighted by atomic mass is 15.2. The highest BCUT2D eigenvalue weighted by Crippen LogP contribution is 2.19. The van der Waals surface area contributed by atoms with E-state index in [1.165, 1.54) is 0 Å². The lowest BCUT2D eigenvalue weighted by Crippen LogP contribution is -2.19. The molecule has 3 heteroatoms. The molecular weight excluding hydrogens is 150 g/mol. The maximum atomic E-state index is 4.20. The van der Waals surface area contributed by atoms with Crippen LogP contribution in [-0.2, 0) is 0 Å². The predicted octanol–water partition coefficient (Wildman–Crippen LogP) is 2.28. The van der Waals surface area contributed by atoms with Crippen LogP contribution >= 0.6 is 0 Å². The van der Waals surface area contributed by atoms with Crippen LogP contribution in [0.1, 0.15) is 33.6 Å². The van der Waals surface area contributed by atoms with E-state index in [0.717, 1.165) is 18.7 Å². The van der Waals surface area contributed by atoms with E-state index in [1.807, 2.05) is 19.4 Å². The highest BCUT2D eigenvalue weighted by Gasteiger charge is 2.19. The van der Waals surface area contributed by atoms with Gasteiger partial charge in [0.25, 0.3) is 0 Å². The Morgan fingerprint density at radius 3 is 2.83 bits per heavy atom. The molecule has 0 radical (unpaired) electrons. The van der Waals surface area contributed by atoms with Gasteiger partial charge in [-0.2, -0.15) is 5.10 Å². The van der Waals surface area contributed by atoms with Crippen molar-refractivity contribution in [3.63, 3.8) is 0 Å². The number of amidine groups is 1. The summed E-state index contributed by atoms with van der Waals surface area (Å²) in [5, 5.41) is 7.85. The van der Waals surface area contributed by atoms with Gasteiger partial charge >= 0.3 is 0 Å². The zero-order valence-electron chi connectivity index (χ0n) is 7.91. The second-order valence-electron chi connectivity index (χ2n) is 3.41. The van der Waals surface area contributed by atoms with Crippen LogP contribution in [0.25, 0.3) is 0 Å². The Morgan fingerprint density at radius 2 is 2.17 bits per heavy atom. The quantitative estimate of drug-likeness (QED) is 0.602. The molecule has 1 aliphatic rings. The summed E-state index contributed by atoms with van der Waals surface area (Å²) in [7, 11) is 0. The standard InChI is InChI=1S/C9H15N3/c1-4-5-9(3)6-10-8(2)12-11-7-9/h6-7H,4-5H2,1-3H3. The number of hydrogen-bond acceptors (Lipinski definition) is 3. The largest absolute Gasteiger partial charge is 0.243 e. The third-order valence-electron chi connectivity index (χ3n) is 1.89. The first-order valence-electron chi connectivity index (χ1n) is 4.30. The van der Waals surface area contributed by atoms with E-state index in [1.54, 1.807) is 0 Å². The van der Waals surface area contributed by atoms with E-state index in [2.05, 4.69) is 29.0 Å². The second-order valence-corrected chi connectivity index (χ2v) is 3.41. The molecule has 1 rings (SSSR count). The molecule has 1 heterocycles. The first-order valence-corrected chi connectivity index (χ1v) is 4.30. The van der Waals surface area contributed by atoms with Gasteiger partial charge in [0, 0.05) is 17.8 Å². The van der Waals surface area contributed by atoms with Crippen molar-refractivity contribution in [3.05, 3.63) is 0 Å². The van der Waals surface area contributed by atoms with Crippen molar-refractivity contribution in [2.75, 3.05) is 0 Å². The normalized spacial score (nSPS) is 28.4. The van der Waals surface area contributed by atoms with E-state index in [9.17, 15) is 0 Å². The smallest absolute Gasteiger partial charge is 0.147 e. The fourth-order valence-corrected chi connectivity index (χ4v) is 1.21. The van der Waals surface area contributed by atoms with Crippen LogP contribution in [0, 0.1) is 5.41 Å². The molecule has 0 aliphatic carbocycles. The first-order chi connectivity index (χ1) is 5.66. The molecule has 0 fully saturated rings. The Bertz CT molecular complexity index is 240. The minimum atomic E-state index is -0.00396. The minimum Gasteiger partial charge on any atom is -0.243 e. The van der Waals surface area contributed by atoms with Crippen LogP contribution in [-0.4, -0.2) is 18.3 Å². The molecule has 1 atom stereocenters. The van der Waals surface area contributed by atoms with Gasteiger partial charge in [0.15, 0.2) is 0 Å². The Hall–Kier alpha value is -0.990. The number of nitrogens with zero attached hydrogens (tertiary/aromatic N) is 3. The van der Waals surface area contributed by atoms with Crippen LogP contribution < -0.4 is 0 Å². The molecule has 0 bridgehead atoms. The fourth-order valence-electron chi connectivity index (χ4n) is 1.21. The van der Waals surface area contributed by atoms with Crippen molar-refractivity contribution in [3.8, 4) is 0 Å². The lowest BCUT2D eigenvalue weighted by molar-refractivity contribution is 0.588.